The van der Waals surface area contributed by atoms with Crippen molar-refractivity contribution >= 4 is 21.3 Å². The number of non-ortho nitro benzene ring substituents is 1. The van der Waals surface area contributed by atoms with Gasteiger partial charge in [0.05, 0.1) is 23.6 Å². The summed E-state index contributed by atoms with van der Waals surface area (Å²) in [6, 6.07) is 5.60. The number of benzene rings is 1. The molecule has 2 aliphatic heterocycles. The molecule has 148 valence electrons. The van der Waals surface area contributed by atoms with Gasteiger partial charge in [-0.3, -0.25) is 14.9 Å². The molecule has 1 unspecified atom stereocenters. The second kappa shape index (κ2) is 8.45. The van der Waals surface area contributed by atoms with E-state index < -0.39 is 14.8 Å². The predicted octanol–water partition coefficient (Wildman–Crippen LogP) is 0.419. The summed E-state index contributed by atoms with van der Waals surface area (Å²) in [6.45, 7) is 1.99. The Morgan fingerprint density at radius 1 is 1.26 bits per heavy atom. The first-order valence-electron chi connectivity index (χ1n) is 9.28. The monoisotopic (exact) mass is 397 g/mol. The van der Waals surface area contributed by atoms with Crippen molar-refractivity contribution in [2.24, 2.45) is 0 Å². The normalized spacial score (nSPS) is 25.3. The van der Waals surface area contributed by atoms with Crippen LogP contribution in [-0.2, 0) is 14.6 Å². The first-order valence-corrected chi connectivity index (χ1v) is 11.1. The molecule has 2 aliphatic rings. The number of sulfone groups is 1. The summed E-state index contributed by atoms with van der Waals surface area (Å²) >= 11 is 0. The van der Waals surface area contributed by atoms with E-state index in [1.165, 1.54) is 24.3 Å². The number of Topliss-reactive ketones (excluding diaryl/α,β-unsaturated/α-hetero) is 1. The number of nitro benzene ring substituents is 1. The molecule has 0 spiro atoms. The van der Waals surface area contributed by atoms with Crippen molar-refractivity contribution in [3.63, 3.8) is 0 Å². The topological polar surface area (TPSA) is 108 Å². The third kappa shape index (κ3) is 5.33. The lowest BCUT2D eigenvalue weighted by Crippen LogP contribution is -3.17. The van der Waals surface area contributed by atoms with E-state index in [0.717, 1.165) is 24.3 Å². The summed E-state index contributed by atoms with van der Waals surface area (Å²) < 4.78 is 29.4. The molecule has 1 aromatic rings. The van der Waals surface area contributed by atoms with E-state index in [1.54, 1.807) is 0 Å². The highest BCUT2D eigenvalue weighted by Gasteiger charge is 2.37. The molecule has 2 heterocycles. The van der Waals surface area contributed by atoms with E-state index in [-0.39, 0.29) is 41.5 Å². The van der Waals surface area contributed by atoms with Crippen molar-refractivity contribution in [1.29, 1.82) is 0 Å². The molecule has 3 atom stereocenters. The lowest BCUT2D eigenvalue weighted by atomic mass is 10.1. The second-order valence-corrected chi connectivity index (χ2v) is 9.55. The minimum Gasteiger partial charge on any atom is -0.372 e. The van der Waals surface area contributed by atoms with Crippen LogP contribution in [-0.4, -0.2) is 62.5 Å². The molecule has 0 aromatic heterocycles. The van der Waals surface area contributed by atoms with Gasteiger partial charge in [-0.1, -0.05) is 0 Å². The zero-order valence-electron chi connectivity index (χ0n) is 15.1. The third-order valence-corrected chi connectivity index (χ3v) is 7.16. The molecule has 1 N–H and O–H groups in total. The first-order chi connectivity index (χ1) is 12.8. The van der Waals surface area contributed by atoms with Gasteiger partial charge in [0, 0.05) is 30.7 Å². The molecule has 0 aliphatic carbocycles. The van der Waals surface area contributed by atoms with E-state index in [0.29, 0.717) is 25.1 Å². The second-order valence-electron chi connectivity index (χ2n) is 7.32. The van der Waals surface area contributed by atoms with Crippen molar-refractivity contribution < 1.29 is 27.8 Å². The standard InChI is InChI=1S/C18H24N2O6S/c21-18(14-3-5-15(6-4-14)20(22)23)7-9-19(12-17-2-1-10-26-17)16-8-11-27(24,25)13-16/h3-6,16-17H,1-2,7-13H2/p+1/t16-,17+/m1/s1. The van der Waals surface area contributed by atoms with Gasteiger partial charge in [0.25, 0.3) is 5.69 Å². The number of quaternary nitrogens is 1. The minimum atomic E-state index is -2.99. The molecular weight excluding hydrogens is 372 g/mol. The third-order valence-electron chi connectivity index (χ3n) is 5.40. The number of ketones is 1. The summed E-state index contributed by atoms with van der Waals surface area (Å²) in [4.78, 5) is 23.8. The molecular formula is C18H25N2O6S+. The number of rotatable bonds is 8. The zero-order chi connectivity index (χ0) is 19.4. The van der Waals surface area contributed by atoms with Crippen LogP contribution in [0.3, 0.4) is 0 Å². The van der Waals surface area contributed by atoms with Gasteiger partial charge in [-0.25, -0.2) is 8.42 Å². The number of carbonyl (C=O) groups is 1. The number of hydrogen-bond donors (Lipinski definition) is 1. The lowest BCUT2D eigenvalue weighted by Gasteiger charge is -2.27. The van der Waals surface area contributed by atoms with E-state index in [1.807, 2.05) is 0 Å². The Balaban J connectivity index is 1.62. The van der Waals surface area contributed by atoms with Crippen molar-refractivity contribution in [2.75, 3.05) is 31.2 Å². The van der Waals surface area contributed by atoms with Gasteiger partial charge < -0.3 is 9.64 Å². The Bertz CT molecular complexity index is 787. The molecule has 0 amide bonds. The van der Waals surface area contributed by atoms with Crippen LogP contribution >= 0.6 is 0 Å². The largest absolute Gasteiger partial charge is 0.372 e. The number of nitro groups is 1. The van der Waals surface area contributed by atoms with Gasteiger partial charge in [-0.05, 0) is 25.0 Å². The highest BCUT2D eigenvalue weighted by atomic mass is 32.2. The average Bonchev–Trinajstić information content (AvgIpc) is 3.27. The Labute approximate surface area is 158 Å². The SMILES string of the molecule is O=C(CC[NH+](C[C@@H]1CCCO1)[C@@H]1CCS(=O)(=O)C1)c1ccc([N+](=O)[O-])cc1. The highest BCUT2D eigenvalue weighted by molar-refractivity contribution is 7.91. The maximum atomic E-state index is 12.5. The zero-order valence-corrected chi connectivity index (χ0v) is 15.9. The molecule has 2 fully saturated rings. The number of carbonyl (C=O) groups excluding carboxylic acids is 1. The summed E-state index contributed by atoms with van der Waals surface area (Å²) in [6.07, 6.45) is 3.01. The molecule has 3 rings (SSSR count). The smallest absolute Gasteiger partial charge is 0.269 e. The Morgan fingerprint density at radius 3 is 2.56 bits per heavy atom. The Hall–Kier alpha value is -1.84. The first kappa shape index (κ1) is 19.9. The van der Waals surface area contributed by atoms with E-state index in [4.69, 9.17) is 4.74 Å². The van der Waals surface area contributed by atoms with Crippen LogP contribution in [0.25, 0.3) is 0 Å². The molecule has 27 heavy (non-hydrogen) atoms. The molecule has 0 radical (unpaired) electrons. The maximum Gasteiger partial charge on any atom is 0.269 e. The van der Waals surface area contributed by atoms with Gasteiger partial charge in [-0.15, -0.1) is 0 Å². The van der Waals surface area contributed by atoms with Crippen LogP contribution in [0.15, 0.2) is 24.3 Å². The Kier molecular flexibility index (Phi) is 6.23. The van der Waals surface area contributed by atoms with Gasteiger partial charge in [0.1, 0.15) is 24.4 Å². The molecule has 0 bridgehead atoms. The van der Waals surface area contributed by atoms with Crippen LogP contribution in [0.5, 0.6) is 0 Å². The predicted molar refractivity (Wildman–Crippen MR) is 98.8 cm³/mol. The van der Waals surface area contributed by atoms with Crippen molar-refractivity contribution in [1.82, 2.24) is 0 Å². The molecule has 2 saturated heterocycles. The molecule has 1 aromatic carbocycles. The summed E-state index contributed by atoms with van der Waals surface area (Å²) in [5.74, 6) is 0.291. The fraction of sp³-hybridized carbons (Fsp3) is 0.611. The number of nitrogens with one attached hydrogen (secondary N) is 1. The van der Waals surface area contributed by atoms with Gasteiger partial charge in [0.2, 0.25) is 0 Å². The summed E-state index contributed by atoms with van der Waals surface area (Å²) in [5.41, 5.74) is 0.393. The molecule has 8 nitrogen and oxygen atoms in total. The summed E-state index contributed by atoms with van der Waals surface area (Å²) in [5, 5.41) is 10.7. The van der Waals surface area contributed by atoms with E-state index in [2.05, 4.69) is 0 Å². The van der Waals surface area contributed by atoms with Crippen LogP contribution < -0.4 is 4.90 Å². The average molecular weight is 397 g/mol. The van der Waals surface area contributed by atoms with Crippen LogP contribution in [0.1, 0.15) is 36.0 Å². The van der Waals surface area contributed by atoms with Gasteiger partial charge in [-0.2, -0.15) is 0 Å². The van der Waals surface area contributed by atoms with E-state index >= 15 is 0 Å². The number of nitrogens with zero attached hydrogens (tertiary/aromatic N) is 1. The highest BCUT2D eigenvalue weighted by Crippen LogP contribution is 2.14. The fourth-order valence-corrected chi connectivity index (χ4v) is 5.70. The lowest BCUT2D eigenvalue weighted by molar-refractivity contribution is -0.924. The van der Waals surface area contributed by atoms with E-state index in [9.17, 15) is 23.3 Å². The van der Waals surface area contributed by atoms with Crippen LogP contribution in [0.2, 0.25) is 0 Å². The number of hydrogen-bond acceptors (Lipinski definition) is 6. The fourth-order valence-electron chi connectivity index (χ4n) is 3.88. The molecule has 0 saturated carbocycles. The molecule has 9 heteroatoms. The summed E-state index contributed by atoms with van der Waals surface area (Å²) in [7, 11) is -2.99. The van der Waals surface area contributed by atoms with Crippen molar-refractivity contribution in [3.8, 4) is 0 Å². The van der Waals surface area contributed by atoms with Crippen molar-refractivity contribution in [3.05, 3.63) is 39.9 Å². The van der Waals surface area contributed by atoms with Gasteiger partial charge >= 0.3 is 0 Å². The van der Waals surface area contributed by atoms with Crippen molar-refractivity contribution in [2.45, 2.75) is 37.8 Å². The maximum absolute atomic E-state index is 12.5. The quantitative estimate of drug-likeness (QED) is 0.387. The van der Waals surface area contributed by atoms with Crippen LogP contribution in [0.4, 0.5) is 5.69 Å². The van der Waals surface area contributed by atoms with Gasteiger partial charge in [0.15, 0.2) is 15.6 Å². The Morgan fingerprint density at radius 2 is 2.00 bits per heavy atom. The minimum absolute atomic E-state index is 0.00357. The van der Waals surface area contributed by atoms with Crippen LogP contribution in [0, 0.1) is 10.1 Å². The number of ether oxygens (including phenoxy) is 1.